The Balaban J connectivity index is 1.81. The molecule has 1 aromatic carbocycles. The van der Waals surface area contributed by atoms with Gasteiger partial charge in [-0.3, -0.25) is 19.2 Å². The zero-order valence-electron chi connectivity index (χ0n) is 13.2. The molecule has 134 valence electrons. The number of carbonyl (C=O) groups is 3. The quantitative estimate of drug-likeness (QED) is 0.601. The van der Waals surface area contributed by atoms with Crippen molar-refractivity contribution >= 4 is 58.2 Å². The van der Waals surface area contributed by atoms with Crippen molar-refractivity contribution in [2.75, 3.05) is 12.0 Å². The van der Waals surface area contributed by atoms with Crippen molar-refractivity contribution in [1.82, 2.24) is 4.98 Å². The van der Waals surface area contributed by atoms with Crippen LogP contribution in [0.15, 0.2) is 34.1 Å². The van der Waals surface area contributed by atoms with E-state index < -0.39 is 34.9 Å². The molecule has 7 nitrogen and oxygen atoms in total. The fourth-order valence-electron chi connectivity index (χ4n) is 3.24. The van der Waals surface area contributed by atoms with Crippen molar-refractivity contribution in [2.24, 2.45) is 5.92 Å². The average Bonchev–Trinajstić information content (AvgIpc) is 3.11. The Bertz CT molecular complexity index is 983. The van der Waals surface area contributed by atoms with Gasteiger partial charge in [0.25, 0.3) is 0 Å². The van der Waals surface area contributed by atoms with Crippen LogP contribution in [0.4, 0.5) is 5.69 Å². The van der Waals surface area contributed by atoms with E-state index in [1.807, 2.05) is 0 Å². The van der Waals surface area contributed by atoms with E-state index in [4.69, 9.17) is 16.3 Å². The van der Waals surface area contributed by atoms with Gasteiger partial charge in [-0.15, -0.1) is 0 Å². The molecule has 2 amide bonds. The molecule has 1 N–H and O–H groups in total. The lowest BCUT2D eigenvalue weighted by atomic mass is 9.89. The van der Waals surface area contributed by atoms with Crippen LogP contribution in [0.25, 0.3) is 0 Å². The van der Waals surface area contributed by atoms with Crippen LogP contribution < -0.4 is 9.77 Å². The number of carbonyl (C=O) groups excluding carboxylic acids is 3. The average molecular weight is 411 g/mol. The Kier molecular flexibility index (Phi) is 4.17. The van der Waals surface area contributed by atoms with Crippen LogP contribution >= 0.6 is 34.7 Å². The minimum Gasteiger partial charge on any atom is -0.469 e. The lowest BCUT2D eigenvalue weighted by Crippen LogP contribution is -2.35. The highest BCUT2D eigenvalue weighted by atomic mass is 35.5. The SMILES string of the molecule is COC(=O)[C@H]1c2sc(=O)[nH]c2S[C@H]2C(=O)N(c3ccc(Cl)cc3)C(=O)[C@@H]21. The number of aromatic amines is 1. The van der Waals surface area contributed by atoms with E-state index in [1.165, 1.54) is 7.11 Å². The van der Waals surface area contributed by atoms with Gasteiger partial charge in [-0.2, -0.15) is 0 Å². The van der Waals surface area contributed by atoms with Crippen molar-refractivity contribution in [3.8, 4) is 0 Å². The minimum absolute atomic E-state index is 0.342. The summed E-state index contributed by atoms with van der Waals surface area (Å²) in [6, 6.07) is 6.31. The van der Waals surface area contributed by atoms with Crippen LogP contribution in [0.2, 0.25) is 5.02 Å². The van der Waals surface area contributed by atoms with E-state index in [0.29, 0.717) is 20.6 Å². The van der Waals surface area contributed by atoms with Gasteiger partial charge >= 0.3 is 10.8 Å². The fourth-order valence-corrected chi connectivity index (χ4v) is 5.84. The van der Waals surface area contributed by atoms with Crippen LogP contribution in [0.1, 0.15) is 10.8 Å². The molecule has 1 saturated heterocycles. The third-order valence-electron chi connectivity index (χ3n) is 4.36. The maximum Gasteiger partial charge on any atom is 0.314 e. The molecule has 3 heterocycles. The number of thiazole rings is 1. The Morgan fingerprint density at radius 3 is 2.54 bits per heavy atom. The standard InChI is InChI=1S/C16H11ClN2O5S2/c1-24-15(22)9-8-11(25-12-10(9)26-16(23)18-12)14(21)19(13(8)20)7-4-2-6(17)3-5-7/h2-5,8-9,11H,1H3,(H,18,23)/t8-,9-,11-/m1/s1. The Morgan fingerprint density at radius 2 is 1.88 bits per heavy atom. The van der Waals surface area contributed by atoms with Crippen LogP contribution in [0.5, 0.6) is 0 Å². The van der Waals surface area contributed by atoms with Crippen molar-refractivity contribution in [1.29, 1.82) is 0 Å². The molecule has 0 spiro atoms. The normalized spacial score (nSPS) is 24.4. The highest BCUT2D eigenvalue weighted by Crippen LogP contribution is 2.51. The van der Waals surface area contributed by atoms with Gasteiger partial charge in [0.1, 0.15) is 11.2 Å². The molecular weight excluding hydrogens is 400 g/mol. The monoisotopic (exact) mass is 410 g/mol. The summed E-state index contributed by atoms with van der Waals surface area (Å²) in [5, 5.41) is 0.114. The number of methoxy groups -OCH3 is 1. The number of benzene rings is 1. The van der Waals surface area contributed by atoms with Gasteiger partial charge < -0.3 is 9.72 Å². The summed E-state index contributed by atoms with van der Waals surface area (Å²) in [7, 11) is 1.21. The molecule has 10 heteroatoms. The van der Waals surface area contributed by atoms with Gasteiger partial charge in [-0.1, -0.05) is 34.7 Å². The fraction of sp³-hybridized carbons (Fsp3) is 0.250. The van der Waals surface area contributed by atoms with Crippen molar-refractivity contribution in [3.05, 3.63) is 43.8 Å². The molecule has 0 radical (unpaired) electrons. The first-order chi connectivity index (χ1) is 12.4. The minimum atomic E-state index is -0.987. The first kappa shape index (κ1) is 17.3. The van der Waals surface area contributed by atoms with E-state index >= 15 is 0 Å². The first-order valence-electron chi connectivity index (χ1n) is 7.53. The van der Waals surface area contributed by atoms with Gasteiger partial charge in [0.05, 0.1) is 28.6 Å². The molecule has 3 atom stereocenters. The summed E-state index contributed by atoms with van der Waals surface area (Å²) in [6.45, 7) is 0. The highest BCUT2D eigenvalue weighted by Gasteiger charge is 2.58. The number of hydrogen-bond acceptors (Lipinski definition) is 7. The molecule has 1 aromatic heterocycles. The zero-order valence-corrected chi connectivity index (χ0v) is 15.6. The predicted octanol–water partition coefficient (Wildman–Crippen LogP) is 2.01. The molecule has 0 aliphatic carbocycles. The summed E-state index contributed by atoms with van der Waals surface area (Å²) < 4.78 is 4.85. The second-order valence-electron chi connectivity index (χ2n) is 5.76. The number of esters is 1. The Hall–Kier alpha value is -2.10. The lowest BCUT2D eigenvalue weighted by molar-refractivity contribution is -0.145. The zero-order chi connectivity index (χ0) is 18.6. The number of hydrogen-bond donors (Lipinski definition) is 1. The summed E-state index contributed by atoms with van der Waals surface area (Å²) >= 11 is 7.83. The van der Waals surface area contributed by atoms with Gasteiger partial charge in [-0.25, -0.2) is 4.90 Å². The maximum atomic E-state index is 13.1. The maximum absolute atomic E-state index is 13.1. The largest absolute Gasteiger partial charge is 0.469 e. The molecule has 0 bridgehead atoms. The number of ether oxygens (including phenoxy) is 1. The summed E-state index contributed by atoms with van der Waals surface area (Å²) in [4.78, 5) is 53.9. The Labute approximate surface area is 160 Å². The van der Waals surface area contributed by atoms with Crippen LogP contribution in [-0.4, -0.2) is 35.1 Å². The number of halogens is 1. The summed E-state index contributed by atoms with van der Waals surface area (Å²) in [6.07, 6.45) is 0. The molecule has 2 aliphatic rings. The molecule has 4 rings (SSSR count). The molecule has 0 unspecified atom stereocenters. The lowest BCUT2D eigenvalue weighted by Gasteiger charge is -2.27. The van der Waals surface area contributed by atoms with Gasteiger partial charge in [0.2, 0.25) is 11.8 Å². The molecule has 2 aliphatic heterocycles. The predicted molar refractivity (Wildman–Crippen MR) is 96.8 cm³/mol. The van der Waals surface area contributed by atoms with Gasteiger partial charge in [-0.05, 0) is 24.3 Å². The van der Waals surface area contributed by atoms with E-state index in [2.05, 4.69) is 4.98 Å². The van der Waals surface area contributed by atoms with E-state index in [1.54, 1.807) is 24.3 Å². The van der Waals surface area contributed by atoms with Gasteiger partial charge in [0, 0.05) is 5.02 Å². The summed E-state index contributed by atoms with van der Waals surface area (Å²) in [5.41, 5.74) is 0.389. The number of amides is 2. The molecular formula is C16H11ClN2O5S2. The van der Waals surface area contributed by atoms with Crippen LogP contribution in [0.3, 0.4) is 0 Å². The Morgan fingerprint density at radius 1 is 1.19 bits per heavy atom. The van der Waals surface area contributed by atoms with Crippen molar-refractivity contribution in [2.45, 2.75) is 16.2 Å². The highest BCUT2D eigenvalue weighted by molar-refractivity contribution is 8.00. The molecule has 0 saturated carbocycles. The molecule has 26 heavy (non-hydrogen) atoms. The number of anilines is 1. The summed E-state index contributed by atoms with van der Waals surface area (Å²) in [5.74, 6) is -3.47. The van der Waals surface area contributed by atoms with Crippen molar-refractivity contribution in [3.63, 3.8) is 0 Å². The molecule has 1 fully saturated rings. The third-order valence-corrected chi connectivity index (χ3v) is 7.02. The smallest absolute Gasteiger partial charge is 0.314 e. The third kappa shape index (κ3) is 2.50. The van der Waals surface area contributed by atoms with Gasteiger partial charge in [0.15, 0.2) is 0 Å². The number of H-pyrrole nitrogens is 1. The molecule has 2 aromatic rings. The van der Waals surface area contributed by atoms with Crippen LogP contribution in [0, 0.1) is 5.92 Å². The second kappa shape index (κ2) is 6.26. The number of nitrogens with one attached hydrogen (secondary N) is 1. The first-order valence-corrected chi connectivity index (χ1v) is 9.60. The number of aromatic nitrogens is 1. The van der Waals surface area contributed by atoms with Crippen LogP contribution in [-0.2, 0) is 19.1 Å². The number of imide groups is 1. The topological polar surface area (TPSA) is 96.5 Å². The second-order valence-corrected chi connectivity index (χ2v) is 8.36. The number of thioether (sulfide) groups is 1. The number of fused-ring (bicyclic) bond motifs is 2. The number of rotatable bonds is 2. The van der Waals surface area contributed by atoms with Crippen molar-refractivity contribution < 1.29 is 19.1 Å². The number of nitrogens with zero attached hydrogens (tertiary/aromatic N) is 1. The van der Waals surface area contributed by atoms with E-state index in [0.717, 1.165) is 28.0 Å². The van der Waals surface area contributed by atoms with E-state index in [-0.39, 0.29) is 4.87 Å². The van der Waals surface area contributed by atoms with E-state index in [9.17, 15) is 19.2 Å².